The molecule has 5 nitrogen and oxygen atoms in total. The summed E-state index contributed by atoms with van der Waals surface area (Å²) in [6.07, 6.45) is 11.9. The molecule has 0 unspecified atom stereocenters. The predicted molar refractivity (Wildman–Crippen MR) is 97.4 cm³/mol. The van der Waals surface area contributed by atoms with E-state index in [0.717, 1.165) is 51.4 Å². The number of unbranched alkanes of at least 4 members (excludes halogenated alkanes) is 3. The molecular formula is C20H34O5. The summed E-state index contributed by atoms with van der Waals surface area (Å²) in [7, 11) is 0. The van der Waals surface area contributed by atoms with Crippen molar-refractivity contribution < 1.29 is 24.5 Å². The van der Waals surface area contributed by atoms with Crippen LogP contribution in [-0.2, 0) is 14.3 Å². The van der Waals surface area contributed by atoms with Crippen molar-refractivity contribution in [1.82, 2.24) is 0 Å². The van der Waals surface area contributed by atoms with Gasteiger partial charge >= 0.3 is 5.97 Å². The van der Waals surface area contributed by atoms with Crippen LogP contribution in [0.25, 0.3) is 0 Å². The maximum atomic E-state index is 12.1. The number of carbonyl (C=O) groups is 2. The van der Waals surface area contributed by atoms with Gasteiger partial charge in [-0.2, -0.15) is 0 Å². The Balaban J connectivity index is 2.38. The maximum Gasteiger partial charge on any atom is 0.329 e. The minimum absolute atomic E-state index is 0.0298. The van der Waals surface area contributed by atoms with Crippen LogP contribution in [0.5, 0.6) is 0 Å². The normalized spacial score (nSPS) is 23.2. The van der Waals surface area contributed by atoms with Gasteiger partial charge in [0.25, 0.3) is 0 Å². The standard InChI is InChI=1S/C20H34O5/c1-3-4-6-12-20(2,24)13-11-16-9-10-18(21)17(16)8-5-7-14-25-15-19(22)23/h11,13,16-17,24H,3-10,12,14-15H2,1-2H3,(H,22,23)/b13-11+/t16-,17+,20-/m0/s1. The lowest BCUT2D eigenvalue weighted by Gasteiger charge is -2.21. The number of hydrogen-bond donors (Lipinski definition) is 2. The van der Waals surface area contributed by atoms with E-state index in [-0.39, 0.29) is 18.4 Å². The quantitative estimate of drug-likeness (QED) is 0.389. The van der Waals surface area contributed by atoms with Crippen LogP contribution in [0, 0.1) is 11.8 Å². The number of ketones is 1. The lowest BCUT2D eigenvalue weighted by Crippen LogP contribution is -2.21. The van der Waals surface area contributed by atoms with Crippen molar-refractivity contribution in [1.29, 1.82) is 0 Å². The van der Waals surface area contributed by atoms with Gasteiger partial charge in [0.1, 0.15) is 12.4 Å². The summed E-state index contributed by atoms with van der Waals surface area (Å²) < 4.78 is 5.02. The number of aliphatic carboxylic acids is 1. The molecule has 5 heteroatoms. The predicted octanol–water partition coefficient (Wildman–Crippen LogP) is 3.74. The SMILES string of the molecule is CCCCC[C@](C)(O)/C=C/[C@@H]1CCC(=O)[C@@H]1CCCCOCC(=O)O. The maximum absolute atomic E-state index is 12.1. The zero-order valence-electron chi connectivity index (χ0n) is 15.7. The van der Waals surface area contributed by atoms with Gasteiger partial charge in [0.2, 0.25) is 0 Å². The molecule has 0 bridgehead atoms. The van der Waals surface area contributed by atoms with Crippen LogP contribution in [0.15, 0.2) is 12.2 Å². The third-order valence-corrected chi connectivity index (χ3v) is 4.92. The first-order valence-electron chi connectivity index (χ1n) is 9.59. The highest BCUT2D eigenvalue weighted by Gasteiger charge is 2.32. The molecule has 2 N–H and O–H groups in total. The second-order valence-electron chi connectivity index (χ2n) is 7.39. The number of carboxylic acids is 1. The molecule has 1 saturated carbocycles. The molecule has 0 aromatic carbocycles. The van der Waals surface area contributed by atoms with Crippen molar-refractivity contribution in [3.05, 3.63) is 12.2 Å². The van der Waals surface area contributed by atoms with E-state index in [1.807, 2.05) is 19.1 Å². The van der Waals surface area contributed by atoms with E-state index in [1.54, 1.807) is 0 Å². The highest BCUT2D eigenvalue weighted by atomic mass is 16.5. The van der Waals surface area contributed by atoms with Crippen LogP contribution in [0.3, 0.4) is 0 Å². The van der Waals surface area contributed by atoms with Gasteiger partial charge in [0.05, 0.1) is 5.60 Å². The van der Waals surface area contributed by atoms with Gasteiger partial charge in [-0.3, -0.25) is 4.79 Å². The number of rotatable bonds is 13. The van der Waals surface area contributed by atoms with Crippen molar-refractivity contribution in [3.63, 3.8) is 0 Å². The molecule has 3 atom stereocenters. The fraction of sp³-hybridized carbons (Fsp3) is 0.800. The van der Waals surface area contributed by atoms with Crippen LogP contribution in [0.2, 0.25) is 0 Å². The van der Waals surface area contributed by atoms with Gasteiger partial charge in [-0.25, -0.2) is 4.79 Å². The van der Waals surface area contributed by atoms with Gasteiger partial charge in [-0.1, -0.05) is 44.8 Å². The zero-order valence-corrected chi connectivity index (χ0v) is 15.7. The van der Waals surface area contributed by atoms with E-state index in [1.165, 1.54) is 0 Å². The molecule has 1 aliphatic carbocycles. The van der Waals surface area contributed by atoms with Crippen LogP contribution >= 0.6 is 0 Å². The number of carboxylic acid groups (broad SMARTS) is 1. The average Bonchev–Trinajstić information content (AvgIpc) is 2.89. The topological polar surface area (TPSA) is 83.8 Å². The van der Waals surface area contributed by atoms with Crippen LogP contribution in [-0.4, -0.2) is 40.8 Å². The van der Waals surface area contributed by atoms with E-state index in [0.29, 0.717) is 18.8 Å². The summed E-state index contributed by atoms with van der Waals surface area (Å²) in [4.78, 5) is 22.5. The van der Waals surface area contributed by atoms with Crippen LogP contribution in [0.1, 0.15) is 71.6 Å². The smallest absolute Gasteiger partial charge is 0.329 e. The summed E-state index contributed by atoms with van der Waals surface area (Å²) in [5.74, 6) is -0.402. The van der Waals surface area contributed by atoms with E-state index in [9.17, 15) is 14.7 Å². The summed E-state index contributed by atoms with van der Waals surface area (Å²) in [6, 6.07) is 0. The molecule has 0 aliphatic heterocycles. The Bertz CT molecular complexity index is 441. The second kappa shape index (κ2) is 11.4. The van der Waals surface area contributed by atoms with Gasteiger partial charge in [0.15, 0.2) is 0 Å². The van der Waals surface area contributed by atoms with Crippen molar-refractivity contribution in [2.45, 2.75) is 77.2 Å². The average molecular weight is 354 g/mol. The molecule has 0 radical (unpaired) electrons. The Morgan fingerprint density at radius 2 is 2.08 bits per heavy atom. The van der Waals surface area contributed by atoms with E-state index >= 15 is 0 Å². The first-order chi connectivity index (χ1) is 11.9. The second-order valence-corrected chi connectivity index (χ2v) is 7.39. The van der Waals surface area contributed by atoms with Crippen molar-refractivity contribution in [2.24, 2.45) is 11.8 Å². The third-order valence-electron chi connectivity index (χ3n) is 4.92. The molecule has 144 valence electrons. The molecule has 0 aromatic heterocycles. The van der Waals surface area contributed by atoms with E-state index in [2.05, 4.69) is 6.92 Å². The molecule has 0 heterocycles. The largest absolute Gasteiger partial charge is 0.480 e. The van der Waals surface area contributed by atoms with Crippen molar-refractivity contribution >= 4 is 11.8 Å². The number of aliphatic hydroxyl groups is 1. The molecule has 0 spiro atoms. The summed E-state index contributed by atoms with van der Waals surface area (Å²) in [6.45, 7) is 4.14. The minimum atomic E-state index is -0.956. The third kappa shape index (κ3) is 9.17. The molecule has 0 amide bonds. The summed E-state index contributed by atoms with van der Waals surface area (Å²) in [5, 5.41) is 18.9. The zero-order chi connectivity index (χ0) is 18.7. The summed E-state index contributed by atoms with van der Waals surface area (Å²) >= 11 is 0. The number of allylic oxidation sites excluding steroid dienone is 1. The molecule has 1 fully saturated rings. The molecule has 0 aromatic rings. The van der Waals surface area contributed by atoms with E-state index in [4.69, 9.17) is 9.84 Å². The fourth-order valence-corrected chi connectivity index (χ4v) is 3.41. The van der Waals surface area contributed by atoms with Gasteiger partial charge < -0.3 is 14.9 Å². The van der Waals surface area contributed by atoms with Crippen LogP contribution in [0.4, 0.5) is 0 Å². The Hall–Kier alpha value is -1.20. The Morgan fingerprint density at radius 3 is 2.76 bits per heavy atom. The Morgan fingerprint density at radius 1 is 1.32 bits per heavy atom. The first kappa shape index (κ1) is 21.8. The molecular weight excluding hydrogens is 320 g/mol. The Labute approximate surface area is 151 Å². The van der Waals surface area contributed by atoms with Gasteiger partial charge in [0, 0.05) is 18.9 Å². The number of Topliss-reactive ketones (excluding diaryl/α,β-unsaturated/α-hetero) is 1. The number of ether oxygens (including phenoxy) is 1. The molecule has 25 heavy (non-hydrogen) atoms. The summed E-state index contributed by atoms with van der Waals surface area (Å²) in [5.41, 5.74) is -0.796. The van der Waals surface area contributed by atoms with Crippen LogP contribution < -0.4 is 0 Å². The minimum Gasteiger partial charge on any atom is -0.480 e. The molecule has 1 aliphatic rings. The van der Waals surface area contributed by atoms with E-state index < -0.39 is 11.6 Å². The fourth-order valence-electron chi connectivity index (χ4n) is 3.41. The van der Waals surface area contributed by atoms with Crippen molar-refractivity contribution in [2.75, 3.05) is 13.2 Å². The highest BCUT2D eigenvalue weighted by molar-refractivity contribution is 5.83. The lowest BCUT2D eigenvalue weighted by molar-refractivity contribution is -0.142. The van der Waals surface area contributed by atoms with Gasteiger partial charge in [-0.15, -0.1) is 0 Å². The lowest BCUT2D eigenvalue weighted by atomic mass is 9.88. The monoisotopic (exact) mass is 354 g/mol. The Kier molecular flexibility index (Phi) is 9.98. The van der Waals surface area contributed by atoms with Crippen molar-refractivity contribution in [3.8, 4) is 0 Å². The van der Waals surface area contributed by atoms with Gasteiger partial charge in [-0.05, 0) is 38.5 Å². The molecule has 1 rings (SSSR count). The number of hydrogen-bond acceptors (Lipinski definition) is 4. The number of carbonyl (C=O) groups excluding carboxylic acids is 1. The molecule has 0 saturated heterocycles. The first-order valence-corrected chi connectivity index (χ1v) is 9.59. The highest BCUT2D eigenvalue weighted by Crippen LogP contribution is 2.34.